The molecule has 1 aliphatic carbocycles. The molecule has 0 aliphatic heterocycles. The van der Waals surface area contributed by atoms with Crippen LogP contribution in [0, 0.1) is 0 Å². The molecule has 2 amide bonds. The van der Waals surface area contributed by atoms with Crippen LogP contribution in [0.2, 0.25) is 5.02 Å². The Bertz CT molecular complexity index is 1000. The number of anilines is 1. The van der Waals surface area contributed by atoms with E-state index in [2.05, 4.69) is 20.8 Å². The van der Waals surface area contributed by atoms with Gasteiger partial charge < -0.3 is 15.0 Å². The third-order valence-corrected chi connectivity index (χ3v) is 4.94. The van der Waals surface area contributed by atoms with E-state index in [4.69, 9.17) is 16.3 Å². The van der Waals surface area contributed by atoms with Gasteiger partial charge in [0.15, 0.2) is 5.82 Å². The molecule has 2 aromatic carbocycles. The number of amides is 2. The maximum absolute atomic E-state index is 12.5. The minimum atomic E-state index is -0.230. The second kappa shape index (κ2) is 8.48. The second-order valence-electron chi connectivity index (χ2n) is 6.89. The van der Waals surface area contributed by atoms with Crippen molar-refractivity contribution in [2.24, 2.45) is 0 Å². The third-order valence-electron chi connectivity index (χ3n) is 4.63. The van der Waals surface area contributed by atoms with Crippen LogP contribution in [-0.4, -0.2) is 51.3 Å². The summed E-state index contributed by atoms with van der Waals surface area (Å²) in [7, 11) is 1.71. The molecule has 4 rings (SSSR count). The molecule has 1 aromatic heterocycles. The van der Waals surface area contributed by atoms with Crippen LogP contribution in [0.25, 0.3) is 11.4 Å². The van der Waals surface area contributed by atoms with Crippen molar-refractivity contribution in [3.05, 3.63) is 53.6 Å². The summed E-state index contributed by atoms with van der Waals surface area (Å²) in [5.41, 5.74) is 1.54. The van der Waals surface area contributed by atoms with E-state index in [0.717, 1.165) is 18.4 Å². The summed E-state index contributed by atoms with van der Waals surface area (Å²) in [6, 6.07) is 14.9. The number of benzene rings is 2. The monoisotopic (exact) mass is 412 g/mol. The molecule has 8 nitrogen and oxygen atoms in total. The molecule has 1 heterocycles. The topological polar surface area (TPSA) is 85.2 Å². The smallest absolute Gasteiger partial charge is 0.321 e. The highest BCUT2D eigenvalue weighted by Crippen LogP contribution is 2.36. The number of aromatic nitrogens is 4. The van der Waals surface area contributed by atoms with E-state index in [9.17, 15) is 4.79 Å². The highest BCUT2D eigenvalue weighted by molar-refractivity contribution is 6.32. The molecule has 1 aliphatic rings. The summed E-state index contributed by atoms with van der Waals surface area (Å²) in [6.07, 6.45) is 2.19. The van der Waals surface area contributed by atoms with Crippen LogP contribution in [0.5, 0.6) is 5.75 Å². The van der Waals surface area contributed by atoms with Crippen LogP contribution >= 0.6 is 11.6 Å². The third kappa shape index (κ3) is 4.65. The Balaban J connectivity index is 1.34. The number of urea groups is 1. The fraction of sp³-hybridized carbons (Fsp3) is 0.300. The Kier molecular flexibility index (Phi) is 5.62. The summed E-state index contributed by atoms with van der Waals surface area (Å²) in [5, 5.41) is 15.4. The van der Waals surface area contributed by atoms with Gasteiger partial charge in [0.2, 0.25) is 0 Å². The van der Waals surface area contributed by atoms with Crippen LogP contribution in [0.1, 0.15) is 18.9 Å². The predicted molar refractivity (Wildman–Crippen MR) is 110 cm³/mol. The minimum Gasteiger partial charge on any atom is -0.490 e. The Hall–Kier alpha value is -3.13. The van der Waals surface area contributed by atoms with E-state index >= 15 is 0 Å². The van der Waals surface area contributed by atoms with Crippen molar-refractivity contribution in [1.29, 1.82) is 0 Å². The normalized spacial score (nSPS) is 13.2. The van der Waals surface area contributed by atoms with Crippen LogP contribution in [0.4, 0.5) is 10.5 Å². The van der Waals surface area contributed by atoms with E-state index in [1.807, 2.05) is 41.1 Å². The zero-order valence-electron chi connectivity index (χ0n) is 16.0. The summed E-state index contributed by atoms with van der Waals surface area (Å²) >= 11 is 6.07. The molecule has 0 radical (unpaired) electrons. The number of para-hydroxylation sites is 1. The number of hydrogen-bond acceptors (Lipinski definition) is 5. The molecular formula is C20H21ClN6O2. The lowest BCUT2D eigenvalue weighted by Crippen LogP contribution is -2.34. The van der Waals surface area contributed by atoms with E-state index < -0.39 is 0 Å². The van der Waals surface area contributed by atoms with Gasteiger partial charge in [-0.15, -0.1) is 5.10 Å². The fourth-order valence-corrected chi connectivity index (χ4v) is 3.05. The summed E-state index contributed by atoms with van der Waals surface area (Å²) in [5.74, 6) is 1.31. The van der Waals surface area contributed by atoms with Gasteiger partial charge >= 0.3 is 6.03 Å². The fourth-order valence-electron chi connectivity index (χ4n) is 2.86. The zero-order chi connectivity index (χ0) is 20.2. The molecule has 0 spiro atoms. The number of hydrogen-bond donors (Lipinski definition) is 1. The lowest BCUT2D eigenvalue weighted by molar-refractivity contribution is 0.207. The molecule has 29 heavy (non-hydrogen) atoms. The minimum absolute atomic E-state index is 0.230. The first-order chi connectivity index (χ1) is 14.1. The Morgan fingerprint density at radius 3 is 2.90 bits per heavy atom. The van der Waals surface area contributed by atoms with Crippen molar-refractivity contribution in [3.8, 4) is 17.1 Å². The zero-order valence-corrected chi connectivity index (χ0v) is 16.7. The van der Waals surface area contributed by atoms with Gasteiger partial charge in [0.1, 0.15) is 12.4 Å². The first-order valence-electron chi connectivity index (χ1n) is 9.39. The van der Waals surface area contributed by atoms with Gasteiger partial charge in [0.25, 0.3) is 0 Å². The van der Waals surface area contributed by atoms with Crippen molar-refractivity contribution in [2.45, 2.75) is 18.9 Å². The van der Waals surface area contributed by atoms with Crippen molar-refractivity contribution in [1.82, 2.24) is 25.1 Å². The van der Waals surface area contributed by atoms with Gasteiger partial charge in [-0.1, -0.05) is 35.9 Å². The number of rotatable bonds is 7. The standard InChI is InChI=1S/C20H21ClN6O2/c1-26(11-12-29-18-8-3-2-7-17(18)21)20(28)22-15-6-4-5-14(13-15)19-23-24-25-27(19)16-9-10-16/h2-8,13,16H,9-12H2,1H3,(H,22,28). The molecule has 0 saturated heterocycles. The van der Waals surface area contributed by atoms with Crippen molar-refractivity contribution in [3.63, 3.8) is 0 Å². The number of nitrogens with one attached hydrogen (secondary N) is 1. The first-order valence-corrected chi connectivity index (χ1v) is 9.77. The number of ether oxygens (including phenoxy) is 1. The van der Waals surface area contributed by atoms with Crippen LogP contribution in [0.15, 0.2) is 48.5 Å². The molecule has 150 valence electrons. The van der Waals surface area contributed by atoms with Gasteiger partial charge in [-0.05, 0) is 47.5 Å². The number of carbonyl (C=O) groups is 1. The van der Waals surface area contributed by atoms with E-state index in [-0.39, 0.29) is 6.03 Å². The largest absolute Gasteiger partial charge is 0.490 e. The SMILES string of the molecule is CN(CCOc1ccccc1Cl)C(=O)Nc1cccc(-c2nnnn2C2CC2)c1. The molecule has 3 aromatic rings. The van der Waals surface area contributed by atoms with E-state index in [1.165, 1.54) is 0 Å². The lowest BCUT2D eigenvalue weighted by atomic mass is 10.2. The van der Waals surface area contributed by atoms with E-state index in [0.29, 0.717) is 41.5 Å². The number of likely N-dealkylation sites (N-methyl/N-ethyl adjacent to an activating group) is 1. The van der Waals surface area contributed by atoms with Crippen LogP contribution in [-0.2, 0) is 0 Å². The first kappa shape index (κ1) is 19.2. The van der Waals surface area contributed by atoms with Gasteiger partial charge in [-0.25, -0.2) is 9.48 Å². The highest BCUT2D eigenvalue weighted by atomic mass is 35.5. The predicted octanol–water partition coefficient (Wildman–Crippen LogP) is 3.87. The van der Waals surface area contributed by atoms with Crippen LogP contribution in [0.3, 0.4) is 0 Å². The maximum atomic E-state index is 12.5. The number of carbonyl (C=O) groups excluding carboxylic acids is 1. The molecule has 0 bridgehead atoms. The Morgan fingerprint density at radius 2 is 2.10 bits per heavy atom. The molecule has 1 saturated carbocycles. The Labute approximate surface area is 173 Å². The van der Waals surface area contributed by atoms with Crippen molar-refractivity contribution < 1.29 is 9.53 Å². The summed E-state index contributed by atoms with van der Waals surface area (Å²) < 4.78 is 7.49. The van der Waals surface area contributed by atoms with E-state index in [1.54, 1.807) is 24.1 Å². The van der Waals surface area contributed by atoms with Crippen molar-refractivity contribution >= 4 is 23.3 Å². The van der Waals surface area contributed by atoms with Crippen molar-refractivity contribution in [2.75, 3.05) is 25.5 Å². The summed E-state index contributed by atoms with van der Waals surface area (Å²) in [6.45, 7) is 0.751. The molecule has 0 unspecified atom stereocenters. The molecular weight excluding hydrogens is 392 g/mol. The van der Waals surface area contributed by atoms with Gasteiger partial charge in [0, 0.05) is 18.3 Å². The quantitative estimate of drug-likeness (QED) is 0.636. The Morgan fingerprint density at radius 1 is 1.28 bits per heavy atom. The highest BCUT2D eigenvalue weighted by Gasteiger charge is 2.28. The molecule has 9 heteroatoms. The van der Waals surface area contributed by atoms with Crippen LogP contribution < -0.4 is 10.1 Å². The average Bonchev–Trinajstić information content (AvgIpc) is 3.45. The molecule has 1 fully saturated rings. The van der Waals surface area contributed by atoms with Gasteiger partial charge in [-0.3, -0.25) is 0 Å². The molecule has 1 N–H and O–H groups in total. The number of halogens is 1. The van der Waals surface area contributed by atoms with Gasteiger partial charge in [-0.2, -0.15) is 0 Å². The number of nitrogens with zero attached hydrogens (tertiary/aromatic N) is 5. The van der Waals surface area contributed by atoms with Gasteiger partial charge in [0.05, 0.1) is 17.6 Å². The summed E-state index contributed by atoms with van der Waals surface area (Å²) in [4.78, 5) is 14.0. The lowest BCUT2D eigenvalue weighted by Gasteiger charge is -2.18. The average molecular weight is 413 g/mol. The molecule has 0 atom stereocenters. The second-order valence-corrected chi connectivity index (χ2v) is 7.30. The number of tetrazole rings is 1. The maximum Gasteiger partial charge on any atom is 0.321 e.